The highest BCUT2D eigenvalue weighted by Gasteiger charge is 2.34. The number of nitrogens with one attached hydrogen (secondary N) is 1. The van der Waals surface area contributed by atoms with Gasteiger partial charge in [0.25, 0.3) is 0 Å². The van der Waals surface area contributed by atoms with Gasteiger partial charge in [-0.1, -0.05) is 62.7 Å². The fourth-order valence-electron chi connectivity index (χ4n) is 3.04. The van der Waals surface area contributed by atoms with Crippen molar-refractivity contribution in [2.45, 2.75) is 38.5 Å². The van der Waals surface area contributed by atoms with Crippen LogP contribution in [0.5, 0.6) is 0 Å². The highest BCUT2D eigenvalue weighted by Crippen LogP contribution is 2.39. The molecule has 0 radical (unpaired) electrons. The number of carbonyl (C=O) groups excluding carboxylic acids is 2. The first-order valence-corrected chi connectivity index (χ1v) is 10.2. The highest BCUT2D eigenvalue weighted by atomic mass is 32.2. The molecule has 2 aromatic rings. The second kappa shape index (κ2) is 7.77. The third-order valence-electron chi connectivity index (χ3n) is 4.68. The summed E-state index contributed by atoms with van der Waals surface area (Å²) in [5.74, 6) is 0.235. The molecule has 2 aromatic carbocycles. The molecule has 0 aliphatic carbocycles. The fraction of sp³-hybridized carbons (Fsp3) is 0.364. The first-order valence-electron chi connectivity index (χ1n) is 9.12. The summed E-state index contributed by atoms with van der Waals surface area (Å²) < 4.78 is 0. The van der Waals surface area contributed by atoms with E-state index in [2.05, 4.69) is 50.4 Å². The summed E-state index contributed by atoms with van der Waals surface area (Å²) in [4.78, 5) is 26.5. The topological polar surface area (TPSA) is 49.4 Å². The van der Waals surface area contributed by atoms with Crippen molar-refractivity contribution in [1.82, 2.24) is 4.90 Å². The molecule has 4 nitrogen and oxygen atoms in total. The van der Waals surface area contributed by atoms with E-state index in [1.54, 1.807) is 16.7 Å². The van der Waals surface area contributed by atoms with Gasteiger partial charge < -0.3 is 10.2 Å². The van der Waals surface area contributed by atoms with Gasteiger partial charge in [0, 0.05) is 5.69 Å². The van der Waals surface area contributed by atoms with Gasteiger partial charge in [-0.05, 0) is 35.6 Å². The lowest BCUT2D eigenvalue weighted by Gasteiger charge is -2.25. The molecule has 1 saturated heterocycles. The first kappa shape index (κ1) is 19.5. The van der Waals surface area contributed by atoms with Crippen molar-refractivity contribution in [3.8, 4) is 0 Å². The van der Waals surface area contributed by atoms with Crippen LogP contribution in [0.2, 0.25) is 0 Å². The van der Waals surface area contributed by atoms with Gasteiger partial charge >= 0.3 is 0 Å². The minimum atomic E-state index is -0.175. The van der Waals surface area contributed by atoms with Crippen molar-refractivity contribution in [1.29, 1.82) is 0 Å². The number of nitrogens with zero attached hydrogens (tertiary/aromatic N) is 1. The Morgan fingerprint density at radius 3 is 2.33 bits per heavy atom. The molecule has 1 atom stereocenters. The number of hydrogen-bond acceptors (Lipinski definition) is 3. The average Bonchev–Trinajstić information content (AvgIpc) is 2.97. The van der Waals surface area contributed by atoms with Crippen LogP contribution in [0, 0.1) is 6.92 Å². The average molecular weight is 383 g/mol. The molecule has 27 heavy (non-hydrogen) atoms. The number of hydrogen-bond donors (Lipinski definition) is 1. The van der Waals surface area contributed by atoms with Crippen molar-refractivity contribution in [2.75, 3.05) is 17.6 Å². The summed E-state index contributed by atoms with van der Waals surface area (Å²) in [6.07, 6.45) is 0. The van der Waals surface area contributed by atoms with E-state index in [4.69, 9.17) is 0 Å². The zero-order chi connectivity index (χ0) is 19.6. The predicted molar refractivity (Wildman–Crippen MR) is 112 cm³/mol. The number of benzene rings is 2. The second-order valence-corrected chi connectivity index (χ2v) is 9.04. The highest BCUT2D eigenvalue weighted by molar-refractivity contribution is 8.00. The summed E-state index contributed by atoms with van der Waals surface area (Å²) in [5, 5.41) is 2.76. The minimum absolute atomic E-state index is 0.00366. The molecule has 0 saturated carbocycles. The molecule has 0 bridgehead atoms. The third kappa shape index (κ3) is 4.72. The standard InChI is InChI=1S/C22H26N2O2S/c1-15-5-11-18(12-6-15)23-19(25)13-24-20(26)14-27-21(24)16-7-9-17(10-8-16)22(2,3)4/h5-12,21H,13-14H2,1-4H3,(H,23,25)/t21-/m1/s1. The normalized spacial score (nSPS) is 17.3. The maximum atomic E-state index is 12.4. The Bertz CT molecular complexity index is 823. The largest absolute Gasteiger partial charge is 0.325 e. The Balaban J connectivity index is 1.70. The van der Waals surface area contributed by atoms with E-state index in [1.165, 1.54) is 5.56 Å². The van der Waals surface area contributed by atoms with Crippen LogP contribution in [0.25, 0.3) is 0 Å². The Labute approximate surface area is 165 Å². The molecule has 1 aliphatic rings. The van der Waals surface area contributed by atoms with Crippen LogP contribution in [-0.2, 0) is 15.0 Å². The molecule has 1 N–H and O–H groups in total. The molecule has 1 heterocycles. The van der Waals surface area contributed by atoms with Gasteiger partial charge in [-0.25, -0.2) is 0 Å². The predicted octanol–water partition coefficient (Wildman–Crippen LogP) is 4.51. The molecule has 0 aromatic heterocycles. The molecule has 0 spiro atoms. The molecular formula is C22H26N2O2S. The van der Waals surface area contributed by atoms with Crippen molar-refractivity contribution in [3.05, 3.63) is 65.2 Å². The maximum Gasteiger partial charge on any atom is 0.244 e. The molecule has 5 heteroatoms. The third-order valence-corrected chi connectivity index (χ3v) is 5.94. The van der Waals surface area contributed by atoms with Gasteiger partial charge in [-0.15, -0.1) is 11.8 Å². The van der Waals surface area contributed by atoms with E-state index in [0.29, 0.717) is 5.75 Å². The van der Waals surface area contributed by atoms with Crippen LogP contribution >= 0.6 is 11.8 Å². The Hall–Kier alpha value is -2.27. The Kier molecular flexibility index (Phi) is 5.61. The summed E-state index contributed by atoms with van der Waals surface area (Å²) in [7, 11) is 0. The second-order valence-electron chi connectivity index (χ2n) is 7.97. The fourth-order valence-corrected chi connectivity index (χ4v) is 4.23. The molecule has 1 fully saturated rings. The van der Waals surface area contributed by atoms with Gasteiger partial charge in [0.15, 0.2) is 0 Å². The maximum absolute atomic E-state index is 12.4. The SMILES string of the molecule is Cc1ccc(NC(=O)CN2C(=O)CS[C@@H]2c2ccc(C(C)(C)C)cc2)cc1. The van der Waals surface area contributed by atoms with E-state index in [0.717, 1.165) is 16.8 Å². The number of amides is 2. The van der Waals surface area contributed by atoms with Crippen molar-refractivity contribution < 1.29 is 9.59 Å². The molecular weight excluding hydrogens is 356 g/mol. The molecule has 3 rings (SSSR count). The quantitative estimate of drug-likeness (QED) is 0.847. The van der Waals surface area contributed by atoms with Crippen LogP contribution in [0.3, 0.4) is 0 Å². The number of thioether (sulfide) groups is 1. The number of anilines is 1. The minimum Gasteiger partial charge on any atom is -0.325 e. The number of carbonyl (C=O) groups is 2. The lowest BCUT2D eigenvalue weighted by atomic mass is 9.87. The van der Waals surface area contributed by atoms with E-state index < -0.39 is 0 Å². The van der Waals surface area contributed by atoms with Crippen LogP contribution in [-0.4, -0.2) is 29.0 Å². The van der Waals surface area contributed by atoms with E-state index >= 15 is 0 Å². The van der Waals surface area contributed by atoms with Gasteiger partial charge in [-0.3, -0.25) is 9.59 Å². The van der Waals surface area contributed by atoms with Gasteiger partial charge in [0.1, 0.15) is 11.9 Å². The van der Waals surface area contributed by atoms with E-state index in [-0.39, 0.29) is 29.1 Å². The van der Waals surface area contributed by atoms with Gasteiger partial charge in [0.2, 0.25) is 11.8 Å². The number of rotatable bonds is 4. The monoisotopic (exact) mass is 382 g/mol. The zero-order valence-electron chi connectivity index (χ0n) is 16.3. The first-order chi connectivity index (χ1) is 12.7. The number of aryl methyl sites for hydroxylation is 1. The molecule has 1 aliphatic heterocycles. The van der Waals surface area contributed by atoms with Gasteiger partial charge in [-0.2, -0.15) is 0 Å². The summed E-state index contributed by atoms with van der Waals surface area (Å²) >= 11 is 1.57. The van der Waals surface area contributed by atoms with Crippen LogP contribution in [0.1, 0.15) is 42.8 Å². The van der Waals surface area contributed by atoms with E-state index in [1.807, 2.05) is 31.2 Å². The van der Waals surface area contributed by atoms with Crippen LogP contribution in [0.4, 0.5) is 5.69 Å². The lowest BCUT2D eigenvalue weighted by molar-refractivity contribution is -0.132. The van der Waals surface area contributed by atoms with Crippen molar-refractivity contribution in [2.24, 2.45) is 0 Å². The summed E-state index contributed by atoms with van der Waals surface area (Å²) in [5.41, 5.74) is 4.28. The summed E-state index contributed by atoms with van der Waals surface area (Å²) in [6.45, 7) is 8.60. The molecule has 142 valence electrons. The molecule has 2 amide bonds. The smallest absolute Gasteiger partial charge is 0.244 e. The Morgan fingerprint density at radius 1 is 1.11 bits per heavy atom. The molecule has 0 unspecified atom stereocenters. The van der Waals surface area contributed by atoms with Crippen molar-refractivity contribution in [3.63, 3.8) is 0 Å². The van der Waals surface area contributed by atoms with Gasteiger partial charge in [0.05, 0.1) is 5.75 Å². The van der Waals surface area contributed by atoms with E-state index in [9.17, 15) is 9.59 Å². The zero-order valence-corrected chi connectivity index (χ0v) is 17.1. The van der Waals surface area contributed by atoms with Crippen LogP contribution in [0.15, 0.2) is 48.5 Å². The summed E-state index contributed by atoms with van der Waals surface area (Å²) in [6, 6.07) is 16.0. The van der Waals surface area contributed by atoms with Crippen molar-refractivity contribution >= 4 is 29.3 Å². The Morgan fingerprint density at radius 2 is 1.74 bits per heavy atom. The lowest BCUT2D eigenvalue weighted by Crippen LogP contribution is -2.36. The van der Waals surface area contributed by atoms with Crippen LogP contribution < -0.4 is 5.32 Å².